The lowest BCUT2D eigenvalue weighted by Crippen LogP contribution is -2.27. The molecule has 0 spiro atoms. The minimum absolute atomic E-state index is 0.364. The highest BCUT2D eigenvalue weighted by Gasteiger charge is 2.16. The molecule has 0 bridgehead atoms. The average molecular weight is 346 g/mol. The van der Waals surface area contributed by atoms with Crippen molar-refractivity contribution in [3.8, 4) is 0 Å². The Hall–Kier alpha value is -1.12. The first kappa shape index (κ1) is 16.3. The van der Waals surface area contributed by atoms with E-state index in [4.69, 9.17) is 0 Å². The Kier molecular flexibility index (Phi) is 6.01. The van der Waals surface area contributed by atoms with Gasteiger partial charge in [0.25, 0.3) is 0 Å². The highest BCUT2D eigenvalue weighted by molar-refractivity contribution is 9.10. The highest BCUT2D eigenvalue weighted by Crippen LogP contribution is 2.25. The van der Waals surface area contributed by atoms with Crippen LogP contribution in [-0.2, 0) is 0 Å². The van der Waals surface area contributed by atoms with Crippen molar-refractivity contribution >= 4 is 15.9 Å². The Labute approximate surface area is 136 Å². The Morgan fingerprint density at radius 2 is 1.48 bits per heavy atom. The monoisotopic (exact) mass is 345 g/mol. The van der Waals surface area contributed by atoms with Gasteiger partial charge >= 0.3 is 0 Å². The van der Waals surface area contributed by atoms with Gasteiger partial charge in [0.05, 0.1) is 0 Å². The molecule has 0 aliphatic rings. The minimum atomic E-state index is 0.364. The molecule has 2 heteroatoms. The molecule has 0 amide bonds. The molecular weight excluding hydrogens is 322 g/mol. The fraction of sp³-hybridized carbons (Fsp3) is 0.368. The number of benzene rings is 2. The van der Waals surface area contributed by atoms with E-state index in [2.05, 4.69) is 96.6 Å². The molecule has 0 aromatic heterocycles. The van der Waals surface area contributed by atoms with Crippen LogP contribution in [0.2, 0.25) is 0 Å². The summed E-state index contributed by atoms with van der Waals surface area (Å²) < 4.78 is 1.13. The van der Waals surface area contributed by atoms with Gasteiger partial charge in [-0.2, -0.15) is 0 Å². The fourth-order valence-corrected chi connectivity index (χ4v) is 2.88. The lowest BCUT2D eigenvalue weighted by atomic mass is 9.88. The summed E-state index contributed by atoms with van der Waals surface area (Å²) in [6.45, 7) is 7.82. The van der Waals surface area contributed by atoms with Gasteiger partial charge < -0.3 is 5.32 Å². The molecule has 21 heavy (non-hydrogen) atoms. The molecule has 0 saturated heterocycles. The third-order valence-corrected chi connectivity index (χ3v) is 4.58. The molecular formula is C19H24BrN. The van der Waals surface area contributed by atoms with Crippen molar-refractivity contribution in [1.29, 1.82) is 0 Å². The van der Waals surface area contributed by atoms with Gasteiger partial charge in [0.1, 0.15) is 0 Å². The Morgan fingerprint density at radius 1 is 0.857 bits per heavy atom. The zero-order chi connectivity index (χ0) is 15.2. The van der Waals surface area contributed by atoms with Crippen molar-refractivity contribution in [2.75, 3.05) is 6.54 Å². The number of hydrogen-bond donors (Lipinski definition) is 1. The van der Waals surface area contributed by atoms with Gasteiger partial charge in [0, 0.05) is 17.1 Å². The summed E-state index contributed by atoms with van der Waals surface area (Å²) in [6.07, 6.45) is 0. The predicted molar refractivity (Wildman–Crippen MR) is 94.6 cm³/mol. The summed E-state index contributed by atoms with van der Waals surface area (Å²) in [7, 11) is 0. The molecule has 0 aliphatic heterocycles. The maximum absolute atomic E-state index is 3.68. The summed E-state index contributed by atoms with van der Waals surface area (Å²) in [5.74, 6) is 1.17. The summed E-state index contributed by atoms with van der Waals surface area (Å²) in [4.78, 5) is 0. The number of rotatable bonds is 6. The molecule has 2 rings (SSSR count). The fourth-order valence-electron chi connectivity index (χ4n) is 2.61. The molecule has 0 heterocycles. The van der Waals surface area contributed by atoms with Crippen LogP contribution < -0.4 is 5.32 Å². The van der Waals surface area contributed by atoms with Crippen LogP contribution in [0.3, 0.4) is 0 Å². The van der Waals surface area contributed by atoms with E-state index in [9.17, 15) is 0 Å². The highest BCUT2D eigenvalue weighted by atomic mass is 79.9. The van der Waals surface area contributed by atoms with Crippen LogP contribution in [0.15, 0.2) is 59.1 Å². The zero-order valence-electron chi connectivity index (χ0n) is 13.0. The second kappa shape index (κ2) is 7.77. The number of halogens is 1. The SMILES string of the molecule is CC(NCC(c1ccccc1)C(C)C)c1ccc(Br)cc1. The van der Waals surface area contributed by atoms with E-state index in [1.165, 1.54) is 11.1 Å². The van der Waals surface area contributed by atoms with E-state index in [-0.39, 0.29) is 0 Å². The van der Waals surface area contributed by atoms with E-state index < -0.39 is 0 Å². The molecule has 0 aliphatic carbocycles. The van der Waals surface area contributed by atoms with Crippen molar-refractivity contribution in [1.82, 2.24) is 5.32 Å². The van der Waals surface area contributed by atoms with Crippen molar-refractivity contribution < 1.29 is 0 Å². The minimum Gasteiger partial charge on any atom is -0.310 e. The van der Waals surface area contributed by atoms with E-state index in [1.807, 2.05) is 0 Å². The van der Waals surface area contributed by atoms with Crippen LogP contribution >= 0.6 is 15.9 Å². The molecule has 0 radical (unpaired) electrons. The molecule has 1 N–H and O–H groups in total. The van der Waals surface area contributed by atoms with Gasteiger partial charge in [0.2, 0.25) is 0 Å². The lowest BCUT2D eigenvalue weighted by molar-refractivity contribution is 0.436. The van der Waals surface area contributed by atoms with Gasteiger partial charge in [-0.3, -0.25) is 0 Å². The van der Waals surface area contributed by atoms with Crippen LogP contribution in [0, 0.1) is 5.92 Å². The first-order chi connectivity index (χ1) is 10.1. The lowest BCUT2D eigenvalue weighted by Gasteiger charge is -2.24. The van der Waals surface area contributed by atoms with Gasteiger partial charge in [-0.25, -0.2) is 0 Å². The van der Waals surface area contributed by atoms with Crippen molar-refractivity contribution in [3.05, 3.63) is 70.2 Å². The van der Waals surface area contributed by atoms with Gasteiger partial charge in [0.15, 0.2) is 0 Å². The van der Waals surface area contributed by atoms with E-state index in [0.717, 1.165) is 11.0 Å². The maximum Gasteiger partial charge on any atom is 0.0292 e. The number of nitrogens with one attached hydrogen (secondary N) is 1. The quantitative estimate of drug-likeness (QED) is 0.724. The van der Waals surface area contributed by atoms with Gasteiger partial charge in [-0.15, -0.1) is 0 Å². The zero-order valence-corrected chi connectivity index (χ0v) is 14.6. The number of hydrogen-bond acceptors (Lipinski definition) is 1. The molecule has 2 aromatic rings. The van der Waals surface area contributed by atoms with Crippen molar-refractivity contribution in [3.63, 3.8) is 0 Å². The largest absolute Gasteiger partial charge is 0.310 e. The summed E-state index contributed by atoms with van der Waals surface area (Å²) in [5, 5.41) is 3.68. The second-order valence-corrected chi connectivity index (χ2v) is 6.86. The second-order valence-electron chi connectivity index (χ2n) is 5.94. The molecule has 2 aromatic carbocycles. The summed E-state index contributed by atoms with van der Waals surface area (Å²) in [6, 6.07) is 19.7. The van der Waals surface area contributed by atoms with Gasteiger partial charge in [-0.1, -0.05) is 72.2 Å². The summed E-state index contributed by atoms with van der Waals surface area (Å²) in [5.41, 5.74) is 2.75. The molecule has 0 fully saturated rings. The molecule has 0 saturated carbocycles. The molecule has 1 nitrogen and oxygen atoms in total. The third-order valence-electron chi connectivity index (χ3n) is 4.05. The third kappa shape index (κ3) is 4.69. The van der Waals surface area contributed by atoms with E-state index in [1.54, 1.807) is 0 Å². The van der Waals surface area contributed by atoms with Crippen molar-refractivity contribution in [2.24, 2.45) is 5.92 Å². The smallest absolute Gasteiger partial charge is 0.0292 e. The molecule has 112 valence electrons. The Balaban J connectivity index is 2.00. The van der Waals surface area contributed by atoms with Crippen molar-refractivity contribution in [2.45, 2.75) is 32.7 Å². The summed E-state index contributed by atoms with van der Waals surface area (Å²) >= 11 is 3.49. The molecule has 2 atom stereocenters. The van der Waals surface area contributed by atoms with Crippen LogP contribution in [0.5, 0.6) is 0 Å². The Bertz CT molecular complexity index is 533. The first-order valence-corrected chi connectivity index (χ1v) is 8.41. The maximum atomic E-state index is 3.68. The van der Waals surface area contributed by atoms with Crippen LogP contribution in [0.4, 0.5) is 0 Å². The standard InChI is InChI=1S/C19H24BrN/c1-14(2)19(17-7-5-4-6-8-17)13-21-15(3)16-9-11-18(20)12-10-16/h4-12,14-15,19,21H,13H2,1-3H3. The Morgan fingerprint density at radius 3 is 2.05 bits per heavy atom. The van der Waals surface area contributed by atoms with Crippen LogP contribution in [0.25, 0.3) is 0 Å². The average Bonchev–Trinajstić information content (AvgIpc) is 2.48. The predicted octanol–water partition coefficient (Wildman–Crippen LogP) is 5.54. The van der Waals surface area contributed by atoms with Crippen LogP contribution in [0.1, 0.15) is 43.9 Å². The molecule has 2 unspecified atom stereocenters. The van der Waals surface area contributed by atoms with Crippen LogP contribution in [-0.4, -0.2) is 6.54 Å². The topological polar surface area (TPSA) is 12.0 Å². The first-order valence-electron chi connectivity index (χ1n) is 7.61. The normalized spacial score (nSPS) is 14.1. The van der Waals surface area contributed by atoms with E-state index in [0.29, 0.717) is 17.9 Å². The van der Waals surface area contributed by atoms with Gasteiger partial charge in [-0.05, 0) is 42.0 Å². The van der Waals surface area contributed by atoms with E-state index >= 15 is 0 Å².